The highest BCUT2D eigenvalue weighted by Gasteiger charge is 2.36. The van der Waals surface area contributed by atoms with E-state index in [9.17, 15) is 0 Å². The predicted molar refractivity (Wildman–Crippen MR) is 87.0 cm³/mol. The Bertz CT molecular complexity index is 488. The van der Waals surface area contributed by atoms with E-state index >= 15 is 0 Å². The van der Waals surface area contributed by atoms with Crippen molar-refractivity contribution in [2.24, 2.45) is 17.8 Å². The molecule has 2 fully saturated rings. The van der Waals surface area contributed by atoms with E-state index in [0.717, 1.165) is 24.3 Å². The van der Waals surface area contributed by atoms with E-state index in [0.29, 0.717) is 0 Å². The minimum absolute atomic E-state index is 0.900. The van der Waals surface area contributed by atoms with Crippen LogP contribution in [0.4, 0.5) is 0 Å². The fourth-order valence-electron chi connectivity index (χ4n) is 4.41. The van der Waals surface area contributed by atoms with Crippen molar-refractivity contribution >= 4 is 0 Å². The van der Waals surface area contributed by atoms with Gasteiger partial charge in [0.15, 0.2) is 0 Å². The molecule has 0 spiro atoms. The van der Waals surface area contributed by atoms with Crippen LogP contribution in [0.5, 0.6) is 0 Å². The highest BCUT2D eigenvalue weighted by molar-refractivity contribution is 5.14. The summed E-state index contributed by atoms with van der Waals surface area (Å²) in [5.41, 5.74) is 1.45. The molecule has 21 heavy (non-hydrogen) atoms. The summed E-state index contributed by atoms with van der Waals surface area (Å²) in [6.45, 7) is 7.42. The lowest BCUT2D eigenvalue weighted by Gasteiger charge is -2.37. The molecular formula is C19H26N2. The number of nitrogens with zero attached hydrogens (tertiary/aromatic N) is 2. The predicted octanol–water partition coefficient (Wildman–Crippen LogP) is 3.02. The number of hydrogen-bond acceptors (Lipinski definition) is 2. The van der Waals surface area contributed by atoms with E-state index in [4.69, 9.17) is 0 Å². The zero-order chi connectivity index (χ0) is 14.1. The Balaban J connectivity index is 1.24. The van der Waals surface area contributed by atoms with E-state index in [1.54, 1.807) is 0 Å². The molecule has 2 aliphatic carbocycles. The van der Waals surface area contributed by atoms with Crippen LogP contribution < -0.4 is 0 Å². The van der Waals surface area contributed by atoms with Crippen LogP contribution in [0.15, 0.2) is 42.5 Å². The average Bonchev–Trinajstić information content (AvgIpc) is 3.13. The second-order valence-electron chi connectivity index (χ2n) is 7.10. The minimum atomic E-state index is 0.900. The van der Waals surface area contributed by atoms with Gasteiger partial charge in [0.25, 0.3) is 0 Å². The minimum Gasteiger partial charge on any atom is -0.300 e. The van der Waals surface area contributed by atoms with Gasteiger partial charge >= 0.3 is 0 Å². The zero-order valence-corrected chi connectivity index (χ0v) is 12.8. The highest BCUT2D eigenvalue weighted by atomic mass is 15.3. The first-order valence-electron chi connectivity index (χ1n) is 8.54. The van der Waals surface area contributed by atoms with Crippen LogP contribution >= 0.6 is 0 Å². The Labute approximate surface area is 128 Å². The molecule has 3 atom stereocenters. The third-order valence-electron chi connectivity index (χ3n) is 5.62. The number of fused-ring (bicyclic) bond motifs is 2. The Morgan fingerprint density at radius 2 is 1.62 bits per heavy atom. The molecule has 2 bridgehead atoms. The van der Waals surface area contributed by atoms with Crippen LogP contribution in [0.2, 0.25) is 0 Å². The Morgan fingerprint density at radius 1 is 0.857 bits per heavy atom. The van der Waals surface area contributed by atoms with Gasteiger partial charge in [-0.15, -0.1) is 0 Å². The molecule has 112 valence electrons. The lowest BCUT2D eigenvalue weighted by molar-refractivity contribution is 0.108. The second-order valence-corrected chi connectivity index (χ2v) is 7.10. The van der Waals surface area contributed by atoms with E-state index < -0.39 is 0 Å². The molecule has 1 saturated carbocycles. The Kier molecular flexibility index (Phi) is 3.83. The van der Waals surface area contributed by atoms with Crippen molar-refractivity contribution in [1.29, 1.82) is 0 Å². The van der Waals surface area contributed by atoms with Crippen molar-refractivity contribution in [3.05, 3.63) is 48.0 Å². The lowest BCUT2D eigenvalue weighted by atomic mass is 9.93. The molecule has 2 heteroatoms. The summed E-state index contributed by atoms with van der Waals surface area (Å²) in [7, 11) is 0. The van der Waals surface area contributed by atoms with Gasteiger partial charge in [0.1, 0.15) is 0 Å². The highest BCUT2D eigenvalue weighted by Crippen LogP contribution is 2.43. The maximum Gasteiger partial charge on any atom is 0.0234 e. The molecule has 1 saturated heterocycles. The molecule has 1 aromatic carbocycles. The van der Waals surface area contributed by atoms with Gasteiger partial charge in [0.05, 0.1) is 0 Å². The fraction of sp³-hybridized carbons (Fsp3) is 0.579. The molecule has 1 aliphatic heterocycles. The quantitative estimate of drug-likeness (QED) is 0.783. The van der Waals surface area contributed by atoms with Crippen molar-refractivity contribution in [1.82, 2.24) is 9.80 Å². The Morgan fingerprint density at radius 3 is 2.29 bits per heavy atom. The van der Waals surface area contributed by atoms with Gasteiger partial charge in [-0.25, -0.2) is 0 Å². The molecule has 0 N–H and O–H groups in total. The molecule has 2 nitrogen and oxygen atoms in total. The first-order valence-corrected chi connectivity index (χ1v) is 8.54. The van der Waals surface area contributed by atoms with E-state index in [2.05, 4.69) is 52.3 Å². The van der Waals surface area contributed by atoms with Gasteiger partial charge in [-0.1, -0.05) is 42.5 Å². The van der Waals surface area contributed by atoms with Crippen LogP contribution in [-0.4, -0.2) is 42.5 Å². The third kappa shape index (κ3) is 3.07. The molecule has 3 aliphatic rings. The van der Waals surface area contributed by atoms with Crippen molar-refractivity contribution in [3.63, 3.8) is 0 Å². The number of hydrogen-bond donors (Lipinski definition) is 0. The molecular weight excluding hydrogens is 256 g/mol. The molecule has 0 radical (unpaired) electrons. The fourth-order valence-corrected chi connectivity index (χ4v) is 4.41. The lowest BCUT2D eigenvalue weighted by Crippen LogP contribution is -2.47. The van der Waals surface area contributed by atoms with Gasteiger partial charge in [-0.05, 0) is 36.2 Å². The van der Waals surface area contributed by atoms with Gasteiger partial charge in [0.2, 0.25) is 0 Å². The van der Waals surface area contributed by atoms with Gasteiger partial charge in [0, 0.05) is 39.3 Å². The van der Waals surface area contributed by atoms with Gasteiger partial charge < -0.3 is 4.90 Å². The van der Waals surface area contributed by atoms with Gasteiger partial charge in [-0.2, -0.15) is 0 Å². The molecule has 0 amide bonds. The van der Waals surface area contributed by atoms with E-state index in [1.165, 1.54) is 51.1 Å². The number of allylic oxidation sites excluding steroid dienone is 2. The summed E-state index contributed by atoms with van der Waals surface area (Å²) in [6.07, 6.45) is 7.84. The third-order valence-corrected chi connectivity index (χ3v) is 5.62. The second kappa shape index (κ2) is 5.94. The van der Waals surface area contributed by atoms with Crippen molar-refractivity contribution < 1.29 is 0 Å². The summed E-state index contributed by atoms with van der Waals surface area (Å²) < 4.78 is 0. The number of benzene rings is 1. The topological polar surface area (TPSA) is 6.48 Å². The molecule has 1 heterocycles. The number of rotatable bonds is 4. The van der Waals surface area contributed by atoms with Crippen LogP contribution in [0.25, 0.3) is 0 Å². The first-order chi connectivity index (χ1) is 10.4. The summed E-state index contributed by atoms with van der Waals surface area (Å²) in [6, 6.07) is 10.9. The standard InChI is InChI=1S/C19H26N2/c1-2-4-16(5-3-1)14-20-8-10-21(11-9-20)15-19-13-17-6-7-18(19)12-17/h1-7,17-19H,8-15H2/t17-,18-,19-/m1/s1. The normalized spacial score (nSPS) is 32.9. The van der Waals surface area contributed by atoms with Crippen LogP contribution in [-0.2, 0) is 6.54 Å². The van der Waals surface area contributed by atoms with Crippen molar-refractivity contribution in [2.75, 3.05) is 32.7 Å². The van der Waals surface area contributed by atoms with E-state index in [-0.39, 0.29) is 0 Å². The summed E-state index contributed by atoms with van der Waals surface area (Å²) >= 11 is 0. The SMILES string of the molecule is C1=C[C@@H]2C[C@@H]1C[C@@H]2CN1CCN(Cc2ccccc2)CC1. The zero-order valence-electron chi connectivity index (χ0n) is 12.8. The van der Waals surface area contributed by atoms with Crippen LogP contribution in [0.1, 0.15) is 18.4 Å². The van der Waals surface area contributed by atoms with Gasteiger partial charge in [-0.3, -0.25) is 4.90 Å². The van der Waals surface area contributed by atoms with Crippen molar-refractivity contribution in [2.45, 2.75) is 19.4 Å². The molecule has 4 rings (SSSR count). The maximum atomic E-state index is 2.71. The van der Waals surface area contributed by atoms with E-state index in [1.807, 2.05) is 0 Å². The summed E-state index contributed by atoms with van der Waals surface area (Å²) in [4.78, 5) is 5.31. The van der Waals surface area contributed by atoms with Crippen molar-refractivity contribution in [3.8, 4) is 0 Å². The summed E-state index contributed by atoms with van der Waals surface area (Å²) in [5, 5.41) is 0. The average molecular weight is 282 g/mol. The summed E-state index contributed by atoms with van der Waals surface area (Å²) in [5.74, 6) is 2.76. The molecule has 1 aromatic rings. The smallest absolute Gasteiger partial charge is 0.0234 e. The van der Waals surface area contributed by atoms with Crippen LogP contribution in [0.3, 0.4) is 0 Å². The van der Waals surface area contributed by atoms with Crippen LogP contribution in [0, 0.1) is 17.8 Å². The monoisotopic (exact) mass is 282 g/mol. The Hall–Kier alpha value is -1.12. The maximum absolute atomic E-state index is 2.71. The first kappa shape index (κ1) is 13.5. The molecule has 0 unspecified atom stereocenters. The largest absolute Gasteiger partial charge is 0.300 e. The number of piperazine rings is 1. The molecule has 0 aromatic heterocycles.